The zero-order valence-corrected chi connectivity index (χ0v) is 33.7. The minimum absolute atomic E-state index is 0.119. The van der Waals surface area contributed by atoms with Crippen molar-refractivity contribution in [2.24, 2.45) is 0 Å². The summed E-state index contributed by atoms with van der Waals surface area (Å²) in [5.74, 6) is 0.695. The van der Waals surface area contributed by atoms with Crippen LogP contribution < -0.4 is 4.74 Å². The number of carbonyl (C=O) groups is 1. The number of nitrogens with one attached hydrogen (secondary N) is 2. The fourth-order valence-electron chi connectivity index (χ4n) is 8.10. The fraction of sp³-hybridized carbons (Fsp3) is 0.151. The number of hydrogen-bond donors (Lipinski definition) is 2. The van der Waals surface area contributed by atoms with Crippen LogP contribution in [0.4, 0.5) is 0 Å². The van der Waals surface area contributed by atoms with Gasteiger partial charge in [-0.1, -0.05) is 116 Å². The van der Waals surface area contributed by atoms with Crippen molar-refractivity contribution in [3.8, 4) is 50.3 Å². The number of aromatic amines is 2. The van der Waals surface area contributed by atoms with Crippen LogP contribution in [0.3, 0.4) is 0 Å². The second-order valence-electron chi connectivity index (χ2n) is 14.9. The van der Waals surface area contributed by atoms with Gasteiger partial charge in [-0.3, -0.25) is 4.79 Å². The lowest BCUT2D eigenvalue weighted by atomic mass is 10.0. The molecule has 7 aromatic rings. The average Bonchev–Trinajstić information content (AvgIpc) is 4.13. The van der Waals surface area contributed by atoms with Crippen molar-refractivity contribution in [2.75, 3.05) is 13.2 Å². The van der Waals surface area contributed by atoms with E-state index in [1.165, 1.54) is 0 Å². The Hall–Kier alpha value is -7.25. The van der Waals surface area contributed by atoms with Crippen LogP contribution in [-0.2, 0) is 9.53 Å². The summed E-state index contributed by atoms with van der Waals surface area (Å²) in [4.78, 5) is 30.1. The van der Waals surface area contributed by atoms with Crippen LogP contribution in [0.5, 0.6) is 5.75 Å². The lowest BCUT2D eigenvalue weighted by molar-refractivity contribution is -0.143. The normalized spacial score (nSPS) is 11.8. The average molecular weight is 787 g/mol. The minimum Gasteiger partial charge on any atom is -0.494 e. The summed E-state index contributed by atoms with van der Waals surface area (Å²) in [5, 5.41) is 0. The molecule has 8 bridgehead atoms. The van der Waals surface area contributed by atoms with E-state index < -0.39 is 0 Å². The summed E-state index contributed by atoms with van der Waals surface area (Å²) < 4.78 is 11.2. The summed E-state index contributed by atoms with van der Waals surface area (Å²) in [6.07, 6.45) is 12.7. The molecule has 7 heteroatoms. The smallest absolute Gasteiger partial charge is 0.305 e. The summed E-state index contributed by atoms with van der Waals surface area (Å²) in [5.41, 5.74) is 15.6. The molecule has 60 heavy (non-hydrogen) atoms. The van der Waals surface area contributed by atoms with Crippen molar-refractivity contribution >= 4 is 52.3 Å². The Kier molecular flexibility index (Phi) is 11.3. The molecule has 0 fully saturated rings. The fourth-order valence-corrected chi connectivity index (χ4v) is 8.10. The van der Waals surface area contributed by atoms with Gasteiger partial charge in [-0.05, 0) is 103 Å². The molecule has 0 spiro atoms. The van der Waals surface area contributed by atoms with E-state index in [9.17, 15) is 4.79 Å². The molecule has 0 amide bonds. The Morgan fingerprint density at radius 3 is 1.25 bits per heavy atom. The van der Waals surface area contributed by atoms with Crippen LogP contribution in [0.25, 0.3) is 90.9 Å². The summed E-state index contributed by atoms with van der Waals surface area (Å²) in [6, 6.07) is 48.3. The second kappa shape index (κ2) is 17.7. The highest BCUT2D eigenvalue weighted by molar-refractivity contribution is 5.99. The molecule has 0 saturated heterocycles. The minimum atomic E-state index is -0.119. The molecule has 0 aliphatic carbocycles. The van der Waals surface area contributed by atoms with E-state index in [1.807, 2.05) is 37.3 Å². The predicted octanol–water partition coefficient (Wildman–Crippen LogP) is 13.2. The lowest BCUT2D eigenvalue weighted by Gasteiger charge is -2.09. The molecule has 0 radical (unpaired) electrons. The highest BCUT2D eigenvalue weighted by atomic mass is 16.5. The van der Waals surface area contributed by atoms with Crippen LogP contribution in [0.1, 0.15) is 61.8 Å². The Labute approximate surface area is 350 Å². The van der Waals surface area contributed by atoms with Crippen molar-refractivity contribution < 1.29 is 14.3 Å². The molecule has 2 aliphatic rings. The maximum Gasteiger partial charge on any atom is 0.305 e. The highest BCUT2D eigenvalue weighted by Crippen LogP contribution is 2.38. The topological polar surface area (TPSA) is 92.9 Å². The van der Waals surface area contributed by atoms with E-state index in [4.69, 9.17) is 19.4 Å². The van der Waals surface area contributed by atoms with E-state index in [2.05, 4.69) is 143 Å². The molecule has 2 aliphatic heterocycles. The van der Waals surface area contributed by atoms with E-state index in [1.54, 1.807) is 0 Å². The summed E-state index contributed by atoms with van der Waals surface area (Å²) >= 11 is 0. The number of esters is 1. The lowest BCUT2D eigenvalue weighted by Crippen LogP contribution is -2.03. The van der Waals surface area contributed by atoms with Crippen LogP contribution in [-0.4, -0.2) is 39.1 Å². The van der Waals surface area contributed by atoms with Crippen molar-refractivity contribution in [3.63, 3.8) is 0 Å². The molecule has 0 atom stereocenters. The van der Waals surface area contributed by atoms with Crippen molar-refractivity contribution in [1.29, 1.82) is 0 Å². The molecule has 296 valence electrons. The largest absolute Gasteiger partial charge is 0.494 e. The molecular formula is C53H46N4O3. The zero-order chi connectivity index (χ0) is 40.7. The third-order valence-corrected chi connectivity index (χ3v) is 10.9. The number of hydrogen-bond acceptors (Lipinski definition) is 5. The van der Waals surface area contributed by atoms with Gasteiger partial charge in [-0.2, -0.15) is 0 Å². The maximum atomic E-state index is 11.7. The van der Waals surface area contributed by atoms with Gasteiger partial charge in [0.05, 0.1) is 36.0 Å². The first-order chi connectivity index (χ1) is 29.6. The number of H-pyrrole nitrogens is 2. The highest BCUT2D eigenvalue weighted by Gasteiger charge is 2.19. The van der Waals surface area contributed by atoms with Gasteiger partial charge in [0.2, 0.25) is 0 Å². The zero-order valence-electron chi connectivity index (χ0n) is 33.7. The number of nitrogens with zero attached hydrogens (tertiary/aromatic N) is 2. The number of benzene rings is 4. The predicted molar refractivity (Wildman–Crippen MR) is 246 cm³/mol. The van der Waals surface area contributed by atoms with Gasteiger partial charge in [-0.25, -0.2) is 9.97 Å². The summed E-state index contributed by atoms with van der Waals surface area (Å²) in [7, 11) is 0. The van der Waals surface area contributed by atoms with Crippen molar-refractivity contribution in [3.05, 3.63) is 162 Å². The van der Waals surface area contributed by atoms with Crippen LogP contribution >= 0.6 is 0 Å². The number of fused-ring (bicyclic) bond motifs is 8. The number of aromatic nitrogens is 4. The number of unbranched alkanes of at least 4 members (excludes halogenated alkanes) is 3. The van der Waals surface area contributed by atoms with E-state index in [-0.39, 0.29) is 5.97 Å². The number of rotatable bonds is 13. The maximum absolute atomic E-state index is 11.7. The molecule has 4 aromatic carbocycles. The van der Waals surface area contributed by atoms with Crippen LogP contribution in [0, 0.1) is 0 Å². The van der Waals surface area contributed by atoms with Gasteiger partial charge in [0, 0.05) is 50.7 Å². The third kappa shape index (κ3) is 8.20. The first kappa shape index (κ1) is 38.3. The number of ether oxygens (including phenoxy) is 2. The monoisotopic (exact) mass is 786 g/mol. The Balaban J connectivity index is 1.20. The summed E-state index contributed by atoms with van der Waals surface area (Å²) in [6.45, 7) is 2.88. The van der Waals surface area contributed by atoms with Crippen molar-refractivity contribution in [1.82, 2.24) is 19.9 Å². The van der Waals surface area contributed by atoms with Gasteiger partial charge in [0.25, 0.3) is 0 Å². The SMILES string of the molecule is CCOC(=O)CCCCCCOc1ccc(-c2c3nc(c(-c4ccccc4)c4ccc([nH]4)c(-c4ccccc4)c4nc(c(-c5ccccc5)c5ccc2[nH]5)C=C4)C=C3)cc1. The molecule has 0 unspecified atom stereocenters. The van der Waals surface area contributed by atoms with Gasteiger partial charge < -0.3 is 19.4 Å². The molecule has 7 nitrogen and oxygen atoms in total. The van der Waals surface area contributed by atoms with Gasteiger partial charge in [0.1, 0.15) is 5.75 Å². The van der Waals surface area contributed by atoms with E-state index >= 15 is 0 Å². The number of carbonyl (C=O) groups excluding carboxylic acids is 1. The Bertz CT molecular complexity index is 2820. The Morgan fingerprint density at radius 2 is 0.850 bits per heavy atom. The molecule has 9 rings (SSSR count). The molecule has 5 heterocycles. The van der Waals surface area contributed by atoms with Crippen molar-refractivity contribution in [2.45, 2.75) is 39.0 Å². The molecule has 2 N–H and O–H groups in total. The first-order valence-electron chi connectivity index (χ1n) is 20.8. The third-order valence-electron chi connectivity index (χ3n) is 10.9. The van der Waals surface area contributed by atoms with E-state index in [0.717, 1.165) is 121 Å². The van der Waals surface area contributed by atoms with Crippen LogP contribution in [0.2, 0.25) is 0 Å². The molecule has 0 saturated carbocycles. The van der Waals surface area contributed by atoms with E-state index in [0.29, 0.717) is 19.6 Å². The quantitative estimate of drug-likeness (QED) is 0.0897. The second-order valence-corrected chi connectivity index (χ2v) is 14.9. The van der Waals surface area contributed by atoms with Gasteiger partial charge >= 0.3 is 5.97 Å². The standard InChI is InChI=1S/C53H46N4O3/c1-2-59-49(58)22-14-3-4-15-35-60-40-25-23-39(24-26-40)53-47-33-31-45(56-47)51(37-18-10-6-11-19-37)43-29-27-41(54-43)50(36-16-8-5-9-17-36)42-28-30-44(55-42)52(38-20-12-7-13-21-38)46-32-34-48(53)57-46/h5-13,16-21,23-34,54,57H,2-4,14-15,22,35H2,1H3. The first-order valence-corrected chi connectivity index (χ1v) is 20.8. The van der Waals surface area contributed by atoms with Crippen LogP contribution in [0.15, 0.2) is 140 Å². The Morgan fingerprint density at radius 1 is 0.467 bits per heavy atom. The van der Waals surface area contributed by atoms with Gasteiger partial charge in [0.15, 0.2) is 0 Å². The van der Waals surface area contributed by atoms with Gasteiger partial charge in [-0.15, -0.1) is 0 Å². The molecular weight excluding hydrogens is 741 g/mol. The molecule has 3 aromatic heterocycles.